The third kappa shape index (κ3) is 2.50. The van der Waals surface area contributed by atoms with Crippen LogP contribution in [0.5, 0.6) is 0 Å². The molecular formula is C17H20N6O. The number of hydrogen-bond acceptors (Lipinski definition) is 5. The maximum atomic E-state index is 12.3. The summed E-state index contributed by atoms with van der Waals surface area (Å²) in [6.45, 7) is 7.25. The van der Waals surface area contributed by atoms with Crippen molar-refractivity contribution in [1.29, 1.82) is 0 Å². The van der Waals surface area contributed by atoms with E-state index in [0.717, 1.165) is 54.6 Å². The molecule has 0 bridgehead atoms. The Morgan fingerprint density at radius 1 is 1.25 bits per heavy atom. The molecule has 0 spiro atoms. The van der Waals surface area contributed by atoms with E-state index >= 15 is 0 Å². The van der Waals surface area contributed by atoms with E-state index in [1.807, 2.05) is 19.1 Å². The fourth-order valence-electron chi connectivity index (χ4n) is 3.28. The highest BCUT2D eigenvalue weighted by atomic mass is 16.1. The average Bonchev–Trinajstić information content (AvgIpc) is 2.98. The third-order valence-corrected chi connectivity index (χ3v) is 4.55. The number of rotatable bonds is 3. The van der Waals surface area contributed by atoms with Crippen molar-refractivity contribution in [1.82, 2.24) is 29.0 Å². The van der Waals surface area contributed by atoms with Gasteiger partial charge in [-0.1, -0.05) is 13.0 Å². The fraction of sp³-hybridized carbons (Fsp3) is 0.412. The largest absolute Gasteiger partial charge is 0.313 e. The van der Waals surface area contributed by atoms with Crippen molar-refractivity contribution in [3.8, 4) is 0 Å². The van der Waals surface area contributed by atoms with Crippen LogP contribution in [0.3, 0.4) is 0 Å². The summed E-state index contributed by atoms with van der Waals surface area (Å²) in [6, 6.07) is 5.47. The minimum atomic E-state index is -0.0351. The summed E-state index contributed by atoms with van der Waals surface area (Å²) in [5, 5.41) is 8.53. The van der Waals surface area contributed by atoms with E-state index in [0.29, 0.717) is 6.54 Å². The molecule has 0 N–H and O–H groups in total. The zero-order chi connectivity index (χ0) is 16.7. The molecule has 0 unspecified atom stereocenters. The van der Waals surface area contributed by atoms with E-state index in [4.69, 9.17) is 0 Å². The van der Waals surface area contributed by atoms with Crippen molar-refractivity contribution in [2.75, 3.05) is 6.54 Å². The Morgan fingerprint density at radius 2 is 2.12 bits per heavy atom. The van der Waals surface area contributed by atoms with Crippen LogP contribution in [0.25, 0.3) is 5.65 Å². The molecule has 4 rings (SSSR count). The molecule has 0 radical (unpaired) electrons. The number of fused-ring (bicyclic) bond motifs is 2. The molecular weight excluding hydrogens is 304 g/mol. The van der Waals surface area contributed by atoms with E-state index in [1.165, 1.54) is 0 Å². The van der Waals surface area contributed by atoms with Crippen molar-refractivity contribution in [2.45, 2.75) is 39.9 Å². The second-order valence-electron chi connectivity index (χ2n) is 6.22. The lowest BCUT2D eigenvalue weighted by Crippen LogP contribution is -2.34. The quantitative estimate of drug-likeness (QED) is 0.723. The van der Waals surface area contributed by atoms with Gasteiger partial charge in [-0.2, -0.15) is 0 Å². The summed E-state index contributed by atoms with van der Waals surface area (Å²) in [5.74, 6) is 2.04. The van der Waals surface area contributed by atoms with Gasteiger partial charge in [0.1, 0.15) is 17.3 Å². The third-order valence-electron chi connectivity index (χ3n) is 4.55. The van der Waals surface area contributed by atoms with Crippen LogP contribution in [0.2, 0.25) is 0 Å². The molecule has 0 aromatic carbocycles. The second-order valence-corrected chi connectivity index (χ2v) is 6.22. The number of hydrogen-bond donors (Lipinski definition) is 0. The molecule has 7 heteroatoms. The maximum Gasteiger partial charge on any atom is 0.258 e. The van der Waals surface area contributed by atoms with Gasteiger partial charge < -0.3 is 4.57 Å². The highest BCUT2D eigenvalue weighted by molar-refractivity contribution is 5.46. The second kappa shape index (κ2) is 5.83. The average molecular weight is 324 g/mol. The number of pyridine rings is 1. The Morgan fingerprint density at radius 3 is 2.96 bits per heavy atom. The summed E-state index contributed by atoms with van der Waals surface area (Å²) < 4.78 is 3.79. The van der Waals surface area contributed by atoms with Gasteiger partial charge >= 0.3 is 0 Å². The molecule has 1 aliphatic heterocycles. The molecule has 7 nitrogen and oxygen atoms in total. The van der Waals surface area contributed by atoms with E-state index in [-0.39, 0.29) is 5.56 Å². The standard InChI is InChI=1S/C17H20N6O/c1-3-14-19-20-15-11-21(7-8-22(14)15)10-13-9-16(24)23-6-4-5-12(2)17(23)18-13/h4-6,9H,3,7-8,10-11H2,1-2H3. The topological polar surface area (TPSA) is 68.3 Å². The lowest BCUT2D eigenvalue weighted by atomic mass is 10.2. The molecule has 4 heterocycles. The first-order chi connectivity index (χ1) is 11.7. The molecule has 24 heavy (non-hydrogen) atoms. The van der Waals surface area contributed by atoms with Crippen molar-refractivity contribution in [3.63, 3.8) is 0 Å². The van der Waals surface area contributed by atoms with Crippen LogP contribution in [0.4, 0.5) is 0 Å². The molecule has 0 amide bonds. The highest BCUT2D eigenvalue weighted by Gasteiger charge is 2.21. The Bertz CT molecular complexity index is 957. The smallest absolute Gasteiger partial charge is 0.258 e. The molecule has 3 aromatic rings. The Labute approximate surface area is 139 Å². The van der Waals surface area contributed by atoms with Crippen LogP contribution in [0.15, 0.2) is 29.2 Å². The van der Waals surface area contributed by atoms with E-state index < -0.39 is 0 Å². The molecule has 0 fully saturated rings. The Hall–Kier alpha value is -2.54. The van der Waals surface area contributed by atoms with Gasteiger partial charge in [-0.05, 0) is 18.6 Å². The molecule has 0 atom stereocenters. The van der Waals surface area contributed by atoms with E-state index in [2.05, 4.69) is 31.6 Å². The summed E-state index contributed by atoms with van der Waals surface area (Å²) in [5.41, 5.74) is 2.50. The lowest BCUT2D eigenvalue weighted by molar-refractivity contribution is 0.205. The van der Waals surface area contributed by atoms with Gasteiger partial charge in [0.2, 0.25) is 0 Å². The van der Waals surface area contributed by atoms with E-state index in [9.17, 15) is 4.79 Å². The SMILES string of the molecule is CCc1nnc2n1CCN(Cc1cc(=O)n3cccc(C)c3n1)C2. The number of aromatic nitrogens is 5. The summed E-state index contributed by atoms with van der Waals surface area (Å²) in [6.07, 6.45) is 2.66. The van der Waals surface area contributed by atoms with Crippen LogP contribution in [0, 0.1) is 6.92 Å². The lowest BCUT2D eigenvalue weighted by Gasteiger charge is -2.27. The van der Waals surface area contributed by atoms with Crippen LogP contribution in [0.1, 0.15) is 29.8 Å². The zero-order valence-corrected chi connectivity index (χ0v) is 13.9. The van der Waals surface area contributed by atoms with Crippen LogP contribution in [-0.4, -0.2) is 35.6 Å². The van der Waals surface area contributed by atoms with Crippen molar-refractivity contribution >= 4 is 5.65 Å². The van der Waals surface area contributed by atoms with Crippen LogP contribution >= 0.6 is 0 Å². The van der Waals surface area contributed by atoms with Crippen LogP contribution in [-0.2, 0) is 26.1 Å². The summed E-state index contributed by atoms with van der Waals surface area (Å²) >= 11 is 0. The van der Waals surface area contributed by atoms with Crippen molar-refractivity contribution in [3.05, 3.63) is 57.7 Å². The molecule has 0 saturated heterocycles. The van der Waals surface area contributed by atoms with Crippen molar-refractivity contribution < 1.29 is 0 Å². The number of aryl methyl sites for hydroxylation is 2. The van der Waals surface area contributed by atoms with Gasteiger partial charge in [0.15, 0.2) is 0 Å². The monoisotopic (exact) mass is 324 g/mol. The van der Waals surface area contributed by atoms with Crippen molar-refractivity contribution in [2.24, 2.45) is 0 Å². The summed E-state index contributed by atoms with van der Waals surface area (Å²) in [7, 11) is 0. The maximum absolute atomic E-state index is 12.3. The predicted molar refractivity (Wildman–Crippen MR) is 89.7 cm³/mol. The zero-order valence-electron chi connectivity index (χ0n) is 13.9. The fourth-order valence-corrected chi connectivity index (χ4v) is 3.28. The molecule has 124 valence electrons. The Balaban J connectivity index is 1.61. The normalized spacial score (nSPS) is 14.9. The molecule has 1 aliphatic rings. The van der Waals surface area contributed by atoms with Gasteiger partial charge in [0.05, 0.1) is 12.2 Å². The number of nitrogens with zero attached hydrogens (tertiary/aromatic N) is 6. The van der Waals surface area contributed by atoms with Gasteiger partial charge in [-0.15, -0.1) is 10.2 Å². The van der Waals surface area contributed by atoms with Gasteiger partial charge in [0, 0.05) is 38.3 Å². The van der Waals surface area contributed by atoms with Gasteiger partial charge in [0.25, 0.3) is 5.56 Å². The highest BCUT2D eigenvalue weighted by Crippen LogP contribution is 2.15. The first kappa shape index (κ1) is 15.0. The minimum absolute atomic E-state index is 0.0351. The van der Waals surface area contributed by atoms with E-state index in [1.54, 1.807) is 16.7 Å². The van der Waals surface area contributed by atoms with Gasteiger partial charge in [-0.25, -0.2) is 4.98 Å². The summed E-state index contributed by atoms with van der Waals surface area (Å²) in [4.78, 5) is 19.3. The van der Waals surface area contributed by atoms with Crippen LogP contribution < -0.4 is 5.56 Å². The Kier molecular flexibility index (Phi) is 3.65. The predicted octanol–water partition coefficient (Wildman–Crippen LogP) is 1.17. The first-order valence-corrected chi connectivity index (χ1v) is 8.27. The van der Waals surface area contributed by atoms with Gasteiger partial charge in [-0.3, -0.25) is 14.1 Å². The first-order valence-electron chi connectivity index (χ1n) is 8.27. The molecule has 0 aliphatic carbocycles. The molecule has 3 aromatic heterocycles. The molecule has 0 saturated carbocycles. The minimum Gasteiger partial charge on any atom is -0.313 e.